The van der Waals surface area contributed by atoms with Crippen molar-refractivity contribution < 1.29 is 0 Å². The molecule has 0 aromatic heterocycles. The molecule has 1 atom stereocenters. The first kappa shape index (κ1) is 18.1. The van der Waals surface area contributed by atoms with Gasteiger partial charge in [0.15, 0.2) is 0 Å². The number of allylic oxidation sites excluding steroid dienone is 10. The molecule has 1 aliphatic carbocycles. The van der Waals surface area contributed by atoms with Crippen molar-refractivity contribution in [3.63, 3.8) is 0 Å². The number of rotatable bonds is 2. The van der Waals surface area contributed by atoms with Crippen LogP contribution in [-0.4, -0.2) is 0 Å². The molecule has 2 aliphatic rings. The van der Waals surface area contributed by atoms with Gasteiger partial charge in [-0.05, 0) is 95.8 Å². The van der Waals surface area contributed by atoms with E-state index in [1.54, 1.807) is 0 Å². The average molecular weight is 349 g/mol. The lowest BCUT2D eigenvalue weighted by molar-refractivity contribution is 0.725. The zero-order valence-corrected chi connectivity index (χ0v) is 17.1. The van der Waals surface area contributed by atoms with E-state index in [2.05, 4.69) is 84.0 Å². The number of hydrogen-bond acceptors (Lipinski definition) is 1. The Hall–Kier alpha value is -1.73. The summed E-state index contributed by atoms with van der Waals surface area (Å²) in [6, 6.07) is 10.9. The van der Waals surface area contributed by atoms with Crippen LogP contribution in [0.4, 0.5) is 0 Å². The molecule has 0 spiro atoms. The minimum Gasteiger partial charge on any atom is -0.0990 e. The summed E-state index contributed by atoms with van der Waals surface area (Å²) < 4.78 is 0. The summed E-state index contributed by atoms with van der Waals surface area (Å²) in [5.41, 5.74) is 10.2. The Morgan fingerprint density at radius 1 is 0.920 bits per heavy atom. The number of thioether (sulfide) groups is 1. The molecular weight excluding hydrogens is 320 g/mol. The Bertz CT molecular complexity index is 815. The van der Waals surface area contributed by atoms with Crippen LogP contribution in [0.3, 0.4) is 0 Å². The summed E-state index contributed by atoms with van der Waals surface area (Å²) in [7, 11) is 0. The fourth-order valence-electron chi connectivity index (χ4n) is 4.04. The molecule has 1 aliphatic heterocycles. The fourth-order valence-corrected chi connectivity index (χ4v) is 5.01. The Kier molecular flexibility index (Phi) is 5.24. The second-order valence-electron chi connectivity index (χ2n) is 7.12. The first-order valence-corrected chi connectivity index (χ1v) is 9.96. The van der Waals surface area contributed by atoms with Gasteiger partial charge in [0, 0.05) is 0 Å². The van der Waals surface area contributed by atoms with E-state index in [9.17, 15) is 0 Å². The molecule has 25 heavy (non-hydrogen) atoms. The third kappa shape index (κ3) is 3.22. The van der Waals surface area contributed by atoms with Gasteiger partial charge in [-0.15, -0.1) is 0 Å². The molecule has 0 nitrogen and oxygen atoms in total. The van der Waals surface area contributed by atoms with Crippen molar-refractivity contribution >= 4 is 17.3 Å². The molecule has 0 radical (unpaired) electrons. The van der Waals surface area contributed by atoms with Crippen LogP contribution in [0.25, 0.3) is 5.57 Å². The minimum absolute atomic E-state index is 0.546. The van der Waals surface area contributed by atoms with Gasteiger partial charge >= 0.3 is 0 Å². The number of hydrogen-bond donors (Lipinski definition) is 0. The summed E-state index contributed by atoms with van der Waals surface area (Å²) in [6.45, 7) is 13.6. The quantitative estimate of drug-likeness (QED) is 0.528. The Balaban J connectivity index is 2.35. The highest BCUT2D eigenvalue weighted by Gasteiger charge is 2.31. The lowest BCUT2D eigenvalue weighted by Gasteiger charge is -2.26. The van der Waals surface area contributed by atoms with Gasteiger partial charge in [0.2, 0.25) is 0 Å². The van der Waals surface area contributed by atoms with E-state index < -0.39 is 0 Å². The first-order chi connectivity index (χ1) is 12.0. The van der Waals surface area contributed by atoms with E-state index in [1.165, 1.54) is 48.8 Å². The predicted octanol–water partition coefficient (Wildman–Crippen LogP) is 7.69. The third-order valence-corrected chi connectivity index (χ3v) is 6.65. The molecule has 1 unspecified atom stereocenters. The molecule has 1 aromatic rings. The summed E-state index contributed by atoms with van der Waals surface area (Å²) in [5.74, 6) is 0.546. The Morgan fingerprint density at radius 2 is 1.52 bits per heavy atom. The SMILES string of the molecule is C/C=C\C1=C(c2ccccc2)C(=C2C(C)=C(C)SC(C)=C2C)C(C)C1. The molecule has 0 saturated carbocycles. The van der Waals surface area contributed by atoms with E-state index in [4.69, 9.17) is 0 Å². The van der Waals surface area contributed by atoms with Gasteiger partial charge in [0.1, 0.15) is 0 Å². The maximum absolute atomic E-state index is 2.38. The highest BCUT2D eigenvalue weighted by Crippen LogP contribution is 2.50. The lowest BCUT2D eigenvalue weighted by Crippen LogP contribution is -2.06. The molecule has 0 bridgehead atoms. The van der Waals surface area contributed by atoms with Crippen molar-refractivity contribution in [2.75, 3.05) is 0 Å². The zero-order valence-electron chi connectivity index (χ0n) is 16.2. The second kappa shape index (κ2) is 7.25. The summed E-state index contributed by atoms with van der Waals surface area (Å²) in [5, 5.41) is 0. The molecule has 130 valence electrons. The van der Waals surface area contributed by atoms with Crippen LogP contribution in [0.15, 0.2) is 80.2 Å². The normalized spacial score (nSPS) is 22.1. The smallest absolute Gasteiger partial charge is 0.0101 e. The predicted molar refractivity (Wildman–Crippen MR) is 113 cm³/mol. The van der Waals surface area contributed by atoms with E-state index in [-0.39, 0.29) is 0 Å². The Morgan fingerprint density at radius 3 is 2.08 bits per heavy atom. The van der Waals surface area contributed by atoms with E-state index >= 15 is 0 Å². The summed E-state index contributed by atoms with van der Waals surface area (Å²) in [6.07, 6.45) is 5.61. The molecule has 1 heterocycles. The van der Waals surface area contributed by atoms with Crippen molar-refractivity contribution in [3.8, 4) is 0 Å². The van der Waals surface area contributed by atoms with Crippen LogP contribution in [-0.2, 0) is 0 Å². The van der Waals surface area contributed by atoms with Gasteiger partial charge in [-0.1, -0.05) is 61.2 Å². The van der Waals surface area contributed by atoms with Crippen LogP contribution in [0.5, 0.6) is 0 Å². The van der Waals surface area contributed by atoms with Gasteiger partial charge < -0.3 is 0 Å². The molecule has 0 fully saturated rings. The topological polar surface area (TPSA) is 0 Å². The van der Waals surface area contributed by atoms with Crippen molar-refractivity contribution in [1.82, 2.24) is 0 Å². The van der Waals surface area contributed by atoms with Crippen LogP contribution >= 0.6 is 11.8 Å². The standard InChI is InChI=1S/C24H28S/c1-7-11-21-14-15(2)22(24(21)20-12-9-8-10-13-20)23-16(3)18(5)25-19(6)17(23)4/h7-13,15H,14H2,1-6H3/b11-7-. The summed E-state index contributed by atoms with van der Waals surface area (Å²) in [4.78, 5) is 2.87. The lowest BCUT2D eigenvalue weighted by atomic mass is 9.84. The maximum atomic E-state index is 2.38. The molecule has 0 N–H and O–H groups in total. The zero-order chi connectivity index (χ0) is 18.1. The van der Waals surface area contributed by atoms with E-state index in [1.807, 2.05) is 11.8 Å². The molecule has 0 amide bonds. The van der Waals surface area contributed by atoms with E-state index in [0.717, 1.165) is 6.42 Å². The van der Waals surface area contributed by atoms with Crippen molar-refractivity contribution in [3.05, 3.63) is 85.7 Å². The minimum atomic E-state index is 0.546. The van der Waals surface area contributed by atoms with Gasteiger partial charge in [-0.2, -0.15) is 0 Å². The average Bonchev–Trinajstić information content (AvgIpc) is 2.91. The molecular formula is C24H28S. The number of benzene rings is 1. The molecule has 1 heteroatoms. The first-order valence-electron chi connectivity index (χ1n) is 9.15. The van der Waals surface area contributed by atoms with Crippen molar-refractivity contribution in [2.24, 2.45) is 5.92 Å². The van der Waals surface area contributed by atoms with Gasteiger partial charge in [0.05, 0.1) is 0 Å². The second-order valence-corrected chi connectivity index (χ2v) is 8.55. The van der Waals surface area contributed by atoms with E-state index in [0.29, 0.717) is 5.92 Å². The van der Waals surface area contributed by atoms with Crippen molar-refractivity contribution in [2.45, 2.75) is 48.0 Å². The molecule has 1 aromatic carbocycles. The third-order valence-electron chi connectivity index (χ3n) is 5.42. The monoisotopic (exact) mass is 348 g/mol. The van der Waals surface area contributed by atoms with Gasteiger partial charge in [-0.3, -0.25) is 0 Å². The van der Waals surface area contributed by atoms with Gasteiger partial charge in [-0.25, -0.2) is 0 Å². The van der Waals surface area contributed by atoms with Crippen LogP contribution in [0, 0.1) is 5.92 Å². The molecule has 3 rings (SSSR count). The maximum Gasteiger partial charge on any atom is -0.0101 e. The fraction of sp³-hybridized carbons (Fsp3) is 0.333. The van der Waals surface area contributed by atoms with Crippen LogP contribution in [0.2, 0.25) is 0 Å². The van der Waals surface area contributed by atoms with Crippen LogP contribution < -0.4 is 0 Å². The highest BCUT2D eigenvalue weighted by molar-refractivity contribution is 8.06. The molecule has 0 saturated heterocycles. The largest absolute Gasteiger partial charge is 0.0990 e. The Labute approximate surface area is 157 Å². The van der Waals surface area contributed by atoms with Gasteiger partial charge in [0.25, 0.3) is 0 Å². The summed E-state index contributed by atoms with van der Waals surface area (Å²) >= 11 is 1.92. The van der Waals surface area contributed by atoms with Crippen LogP contribution in [0.1, 0.15) is 53.5 Å². The highest BCUT2D eigenvalue weighted by atomic mass is 32.2. The van der Waals surface area contributed by atoms with Crippen molar-refractivity contribution in [1.29, 1.82) is 0 Å².